The van der Waals surface area contributed by atoms with E-state index in [0.717, 1.165) is 18.4 Å². The molecule has 1 aliphatic rings. The van der Waals surface area contributed by atoms with Crippen molar-refractivity contribution in [2.45, 2.75) is 32.4 Å². The molecular formula is C18H27N5O3. The maximum absolute atomic E-state index is 11.7. The van der Waals surface area contributed by atoms with Crippen LogP contribution in [0.25, 0.3) is 0 Å². The van der Waals surface area contributed by atoms with Crippen LogP contribution in [0.5, 0.6) is 0 Å². The van der Waals surface area contributed by atoms with Crippen molar-refractivity contribution in [3.8, 4) is 0 Å². The first-order chi connectivity index (χ1) is 12.5. The number of carbonyl (C=O) groups is 2. The summed E-state index contributed by atoms with van der Waals surface area (Å²) >= 11 is 0. The molecule has 0 atom stereocenters. The van der Waals surface area contributed by atoms with Gasteiger partial charge >= 0.3 is 6.09 Å². The van der Waals surface area contributed by atoms with Gasteiger partial charge < -0.3 is 26.0 Å². The number of nitrogens with zero attached hydrogens (tertiary/aromatic N) is 2. The fourth-order valence-corrected chi connectivity index (χ4v) is 2.81. The molecule has 0 saturated carbocycles. The van der Waals surface area contributed by atoms with Crippen molar-refractivity contribution in [3.63, 3.8) is 0 Å². The Bertz CT molecular complexity index is 654. The molecule has 1 aromatic carbocycles. The van der Waals surface area contributed by atoms with Crippen LogP contribution in [0.4, 0.5) is 4.79 Å². The molecule has 1 fully saturated rings. The van der Waals surface area contributed by atoms with Gasteiger partial charge in [-0.05, 0) is 37.5 Å². The molecule has 1 aliphatic heterocycles. The standard InChI is InChI=1S/C18H27N5O3/c1-3-26-18(25)23-9-7-15(8-10-23)22-17(19)21-12-13-5-4-6-14(11-13)16(24)20-2/h4-6,11,15H,3,7-10,12H2,1-2H3,(H,20,24)(H3,19,21,22). The van der Waals surface area contributed by atoms with Crippen LogP contribution in [0.2, 0.25) is 0 Å². The van der Waals surface area contributed by atoms with Crippen molar-refractivity contribution in [1.29, 1.82) is 0 Å². The molecule has 26 heavy (non-hydrogen) atoms. The van der Waals surface area contributed by atoms with E-state index in [0.29, 0.717) is 37.8 Å². The summed E-state index contributed by atoms with van der Waals surface area (Å²) in [5, 5.41) is 5.80. The van der Waals surface area contributed by atoms with E-state index in [1.165, 1.54) is 0 Å². The van der Waals surface area contributed by atoms with Gasteiger partial charge in [0.1, 0.15) is 0 Å². The lowest BCUT2D eigenvalue weighted by Crippen LogP contribution is -2.48. The number of amides is 2. The zero-order chi connectivity index (χ0) is 18.9. The van der Waals surface area contributed by atoms with Crippen LogP contribution in [0.1, 0.15) is 35.7 Å². The lowest BCUT2D eigenvalue weighted by Gasteiger charge is -2.31. The van der Waals surface area contributed by atoms with Crippen LogP contribution in [-0.2, 0) is 11.3 Å². The van der Waals surface area contributed by atoms with Crippen LogP contribution in [0.3, 0.4) is 0 Å². The number of nitrogens with one attached hydrogen (secondary N) is 2. The summed E-state index contributed by atoms with van der Waals surface area (Å²) < 4.78 is 5.01. The first kappa shape index (κ1) is 19.6. The number of nitrogens with two attached hydrogens (primary N) is 1. The molecule has 0 spiro atoms. The largest absolute Gasteiger partial charge is 0.450 e. The highest BCUT2D eigenvalue weighted by Crippen LogP contribution is 2.11. The molecule has 1 saturated heterocycles. The van der Waals surface area contributed by atoms with E-state index in [-0.39, 0.29) is 18.0 Å². The van der Waals surface area contributed by atoms with Crippen molar-refractivity contribution in [2.75, 3.05) is 26.7 Å². The number of ether oxygens (including phenoxy) is 1. The minimum atomic E-state index is -0.261. The molecule has 0 bridgehead atoms. The van der Waals surface area contributed by atoms with E-state index < -0.39 is 0 Å². The van der Waals surface area contributed by atoms with E-state index in [1.54, 1.807) is 31.0 Å². The summed E-state index contributed by atoms with van der Waals surface area (Å²) in [6.45, 7) is 3.85. The Kier molecular flexibility index (Phi) is 7.25. The van der Waals surface area contributed by atoms with Gasteiger partial charge in [-0.1, -0.05) is 12.1 Å². The Hall–Kier alpha value is -2.77. The van der Waals surface area contributed by atoms with E-state index in [9.17, 15) is 9.59 Å². The van der Waals surface area contributed by atoms with Gasteiger partial charge in [-0.15, -0.1) is 0 Å². The van der Waals surface area contributed by atoms with Crippen molar-refractivity contribution in [1.82, 2.24) is 15.5 Å². The third-order valence-electron chi connectivity index (χ3n) is 4.22. The molecule has 1 heterocycles. The molecule has 8 nitrogen and oxygen atoms in total. The molecule has 4 N–H and O–H groups in total. The molecule has 2 amide bonds. The normalized spacial score (nSPS) is 15.5. The molecule has 142 valence electrons. The number of hydrogen-bond donors (Lipinski definition) is 3. The van der Waals surface area contributed by atoms with Crippen LogP contribution in [0.15, 0.2) is 29.3 Å². The number of likely N-dealkylation sites (tertiary alicyclic amines) is 1. The zero-order valence-electron chi connectivity index (χ0n) is 15.3. The summed E-state index contributed by atoms with van der Waals surface area (Å²) in [5.74, 6) is 0.236. The summed E-state index contributed by atoms with van der Waals surface area (Å²) in [7, 11) is 1.60. The van der Waals surface area contributed by atoms with E-state index in [4.69, 9.17) is 10.5 Å². The lowest BCUT2D eigenvalue weighted by molar-refractivity contribution is 0.0955. The third kappa shape index (κ3) is 5.65. The molecule has 8 heteroatoms. The van der Waals surface area contributed by atoms with Crippen LogP contribution < -0.4 is 16.4 Å². The third-order valence-corrected chi connectivity index (χ3v) is 4.22. The molecular weight excluding hydrogens is 334 g/mol. The van der Waals surface area contributed by atoms with E-state index in [1.807, 2.05) is 12.1 Å². The second kappa shape index (κ2) is 9.65. The van der Waals surface area contributed by atoms with Crippen LogP contribution >= 0.6 is 0 Å². The SMILES string of the molecule is CCOC(=O)N1CCC(NC(N)=NCc2cccc(C(=O)NC)c2)CC1. The first-order valence-corrected chi connectivity index (χ1v) is 8.82. The summed E-state index contributed by atoms with van der Waals surface area (Å²) in [4.78, 5) is 29.4. The van der Waals surface area contributed by atoms with Gasteiger partial charge in [0.05, 0.1) is 13.2 Å². The Morgan fingerprint density at radius 2 is 2.08 bits per heavy atom. The van der Waals surface area contributed by atoms with Crippen molar-refractivity contribution in [2.24, 2.45) is 10.7 Å². The Morgan fingerprint density at radius 1 is 1.35 bits per heavy atom. The molecule has 0 radical (unpaired) electrons. The molecule has 1 aromatic rings. The summed E-state index contributed by atoms with van der Waals surface area (Å²) in [6, 6.07) is 7.46. The Labute approximate surface area is 153 Å². The minimum absolute atomic E-state index is 0.129. The Balaban J connectivity index is 1.82. The highest BCUT2D eigenvalue weighted by Gasteiger charge is 2.23. The Morgan fingerprint density at radius 3 is 2.73 bits per heavy atom. The maximum atomic E-state index is 11.7. The zero-order valence-corrected chi connectivity index (χ0v) is 15.3. The predicted molar refractivity (Wildman–Crippen MR) is 99.9 cm³/mol. The average Bonchev–Trinajstić information content (AvgIpc) is 2.66. The van der Waals surface area contributed by atoms with Gasteiger partial charge in [-0.2, -0.15) is 0 Å². The molecule has 0 aromatic heterocycles. The van der Waals surface area contributed by atoms with Gasteiger partial charge in [0.25, 0.3) is 5.91 Å². The van der Waals surface area contributed by atoms with E-state index >= 15 is 0 Å². The van der Waals surface area contributed by atoms with Gasteiger partial charge in [0.2, 0.25) is 0 Å². The lowest BCUT2D eigenvalue weighted by atomic mass is 10.1. The fourth-order valence-electron chi connectivity index (χ4n) is 2.81. The number of piperidine rings is 1. The highest BCUT2D eigenvalue weighted by molar-refractivity contribution is 5.94. The molecule has 2 rings (SSSR count). The monoisotopic (exact) mass is 361 g/mol. The fraction of sp³-hybridized carbons (Fsp3) is 0.500. The summed E-state index contributed by atoms with van der Waals surface area (Å²) in [6.07, 6.45) is 1.33. The van der Waals surface area contributed by atoms with Crippen LogP contribution in [0, 0.1) is 0 Å². The average molecular weight is 361 g/mol. The van der Waals surface area contributed by atoms with Crippen molar-refractivity contribution < 1.29 is 14.3 Å². The first-order valence-electron chi connectivity index (χ1n) is 8.82. The number of carbonyl (C=O) groups excluding carboxylic acids is 2. The van der Waals surface area contributed by atoms with E-state index in [2.05, 4.69) is 15.6 Å². The second-order valence-electron chi connectivity index (χ2n) is 6.09. The topological polar surface area (TPSA) is 109 Å². The maximum Gasteiger partial charge on any atom is 0.409 e. The van der Waals surface area contributed by atoms with Crippen LogP contribution in [-0.4, -0.2) is 55.6 Å². The second-order valence-corrected chi connectivity index (χ2v) is 6.09. The smallest absolute Gasteiger partial charge is 0.409 e. The molecule has 0 aliphatic carbocycles. The highest BCUT2D eigenvalue weighted by atomic mass is 16.6. The quantitative estimate of drug-likeness (QED) is 0.537. The number of guanidine groups is 1. The number of rotatable bonds is 5. The van der Waals surface area contributed by atoms with Gasteiger partial charge in [0, 0.05) is 31.7 Å². The minimum Gasteiger partial charge on any atom is -0.450 e. The van der Waals surface area contributed by atoms with Gasteiger partial charge in [-0.3, -0.25) is 4.79 Å². The summed E-state index contributed by atoms with van der Waals surface area (Å²) in [5.41, 5.74) is 7.48. The number of hydrogen-bond acceptors (Lipinski definition) is 4. The predicted octanol–water partition coefficient (Wildman–Crippen LogP) is 1.07. The van der Waals surface area contributed by atoms with Gasteiger partial charge in [-0.25, -0.2) is 9.79 Å². The molecule has 0 unspecified atom stereocenters. The van der Waals surface area contributed by atoms with Crippen molar-refractivity contribution in [3.05, 3.63) is 35.4 Å². The number of benzene rings is 1. The number of aliphatic imine (C=N–C) groups is 1. The van der Waals surface area contributed by atoms with Crippen molar-refractivity contribution >= 4 is 18.0 Å². The van der Waals surface area contributed by atoms with Gasteiger partial charge in [0.15, 0.2) is 5.96 Å².